The van der Waals surface area contributed by atoms with E-state index in [-0.39, 0.29) is 12.6 Å². The first kappa shape index (κ1) is 12.6. The summed E-state index contributed by atoms with van der Waals surface area (Å²) in [6.45, 7) is 1.85. The molecule has 3 heteroatoms. The summed E-state index contributed by atoms with van der Waals surface area (Å²) < 4.78 is 5.92. The highest BCUT2D eigenvalue weighted by molar-refractivity contribution is 5.13. The van der Waals surface area contributed by atoms with Crippen LogP contribution in [0.25, 0.3) is 0 Å². The Balaban J connectivity index is 1.76. The Bertz CT molecular complexity index is 315. The molecule has 2 N–H and O–H groups in total. The van der Waals surface area contributed by atoms with Crippen LogP contribution in [-0.2, 0) is 11.3 Å². The van der Waals surface area contributed by atoms with Crippen LogP contribution in [0, 0.1) is 0 Å². The molecule has 0 radical (unpaired) electrons. The molecule has 3 nitrogen and oxygen atoms in total. The van der Waals surface area contributed by atoms with E-state index in [1.165, 1.54) is 5.56 Å². The molecule has 1 saturated heterocycles. The Hall–Kier alpha value is -0.900. The van der Waals surface area contributed by atoms with Gasteiger partial charge in [0.25, 0.3) is 0 Å². The molecular weight excluding hydrogens is 214 g/mol. The average molecular weight is 235 g/mol. The van der Waals surface area contributed by atoms with Gasteiger partial charge in [0, 0.05) is 6.04 Å². The molecule has 1 aromatic carbocycles. The zero-order valence-corrected chi connectivity index (χ0v) is 10.1. The van der Waals surface area contributed by atoms with Crippen molar-refractivity contribution >= 4 is 0 Å². The molecule has 0 aliphatic carbocycles. The molecule has 0 amide bonds. The lowest BCUT2D eigenvalue weighted by molar-refractivity contribution is 0.0323. The minimum atomic E-state index is 0.228. The van der Waals surface area contributed by atoms with Crippen LogP contribution in [-0.4, -0.2) is 30.4 Å². The van der Waals surface area contributed by atoms with Crippen molar-refractivity contribution in [2.75, 3.05) is 13.2 Å². The van der Waals surface area contributed by atoms with Crippen molar-refractivity contribution in [1.82, 2.24) is 5.32 Å². The maximum atomic E-state index is 9.11. The molecule has 0 spiro atoms. The number of ether oxygens (including phenoxy) is 1. The predicted molar refractivity (Wildman–Crippen MR) is 67.7 cm³/mol. The highest BCUT2D eigenvalue weighted by Gasteiger charge is 2.17. The fourth-order valence-electron chi connectivity index (χ4n) is 2.19. The lowest BCUT2D eigenvalue weighted by atomic mass is 10.1. The van der Waals surface area contributed by atoms with Crippen molar-refractivity contribution in [3.63, 3.8) is 0 Å². The monoisotopic (exact) mass is 235 g/mol. The van der Waals surface area contributed by atoms with E-state index in [9.17, 15) is 0 Å². The quantitative estimate of drug-likeness (QED) is 0.834. The number of hydrogen-bond donors (Lipinski definition) is 2. The predicted octanol–water partition coefficient (Wildman–Crippen LogP) is 1.71. The van der Waals surface area contributed by atoms with E-state index in [1.54, 1.807) is 0 Å². The highest BCUT2D eigenvalue weighted by Crippen LogP contribution is 2.15. The fourth-order valence-corrected chi connectivity index (χ4v) is 2.19. The van der Waals surface area contributed by atoms with Crippen LogP contribution in [0.15, 0.2) is 30.3 Å². The number of aliphatic hydroxyl groups excluding tert-OH is 1. The number of benzene rings is 1. The molecule has 2 atom stereocenters. The molecule has 94 valence electrons. The zero-order chi connectivity index (χ0) is 11.9. The number of rotatable bonds is 4. The van der Waals surface area contributed by atoms with Crippen LogP contribution in [0.2, 0.25) is 0 Å². The van der Waals surface area contributed by atoms with Crippen LogP contribution >= 0.6 is 0 Å². The van der Waals surface area contributed by atoms with Crippen molar-refractivity contribution in [2.45, 2.75) is 38.0 Å². The van der Waals surface area contributed by atoms with Crippen molar-refractivity contribution in [1.29, 1.82) is 0 Å². The van der Waals surface area contributed by atoms with Crippen LogP contribution in [0.5, 0.6) is 0 Å². The normalized spacial score (nSPS) is 25.5. The summed E-state index contributed by atoms with van der Waals surface area (Å²) in [5.74, 6) is 0. The third-order valence-corrected chi connectivity index (χ3v) is 3.29. The molecule has 17 heavy (non-hydrogen) atoms. The molecule has 0 aromatic heterocycles. The summed E-state index contributed by atoms with van der Waals surface area (Å²) in [6, 6.07) is 10.5. The van der Waals surface area contributed by atoms with Gasteiger partial charge in [-0.15, -0.1) is 0 Å². The molecule has 1 unspecified atom stereocenters. The van der Waals surface area contributed by atoms with Crippen molar-refractivity contribution in [2.24, 2.45) is 0 Å². The van der Waals surface area contributed by atoms with Gasteiger partial charge in [-0.3, -0.25) is 0 Å². The second-order valence-electron chi connectivity index (χ2n) is 4.62. The van der Waals surface area contributed by atoms with Gasteiger partial charge in [0.05, 0.1) is 19.3 Å². The molecule has 1 fully saturated rings. The van der Waals surface area contributed by atoms with Crippen LogP contribution in [0.4, 0.5) is 0 Å². The van der Waals surface area contributed by atoms with E-state index in [4.69, 9.17) is 9.84 Å². The summed E-state index contributed by atoms with van der Waals surface area (Å²) in [6.07, 6.45) is 3.38. The lowest BCUT2D eigenvalue weighted by Crippen LogP contribution is -2.31. The van der Waals surface area contributed by atoms with Gasteiger partial charge in [-0.05, 0) is 31.4 Å². The fraction of sp³-hybridized carbons (Fsp3) is 0.571. The van der Waals surface area contributed by atoms with E-state index in [0.29, 0.717) is 12.7 Å². The lowest BCUT2D eigenvalue weighted by Gasteiger charge is -2.15. The van der Waals surface area contributed by atoms with Crippen molar-refractivity contribution in [3.8, 4) is 0 Å². The SMILES string of the molecule is OC[C@H]1CCC(OCc2ccccc2)CCN1. The third kappa shape index (κ3) is 4.11. The van der Waals surface area contributed by atoms with E-state index in [0.717, 1.165) is 25.8 Å². The molecule has 1 aliphatic rings. The summed E-state index contributed by atoms with van der Waals surface area (Å²) in [7, 11) is 0. The summed E-state index contributed by atoms with van der Waals surface area (Å²) in [4.78, 5) is 0. The summed E-state index contributed by atoms with van der Waals surface area (Å²) >= 11 is 0. The van der Waals surface area contributed by atoms with Gasteiger partial charge in [0.15, 0.2) is 0 Å². The van der Waals surface area contributed by atoms with Gasteiger partial charge in [-0.25, -0.2) is 0 Å². The van der Waals surface area contributed by atoms with Crippen LogP contribution in [0.3, 0.4) is 0 Å². The van der Waals surface area contributed by atoms with Gasteiger partial charge in [0.2, 0.25) is 0 Å². The maximum absolute atomic E-state index is 9.11. The molecule has 0 bridgehead atoms. The van der Waals surface area contributed by atoms with Gasteiger partial charge in [-0.1, -0.05) is 30.3 Å². The van der Waals surface area contributed by atoms with Gasteiger partial charge >= 0.3 is 0 Å². The first-order valence-electron chi connectivity index (χ1n) is 6.38. The van der Waals surface area contributed by atoms with E-state index < -0.39 is 0 Å². The third-order valence-electron chi connectivity index (χ3n) is 3.29. The number of hydrogen-bond acceptors (Lipinski definition) is 3. The molecular formula is C14H21NO2. The first-order valence-corrected chi connectivity index (χ1v) is 6.38. The Labute approximate surface area is 103 Å². The topological polar surface area (TPSA) is 41.5 Å². The van der Waals surface area contributed by atoms with E-state index in [1.807, 2.05) is 18.2 Å². The molecule has 0 saturated carbocycles. The van der Waals surface area contributed by atoms with Crippen molar-refractivity contribution < 1.29 is 9.84 Å². The molecule has 1 aliphatic heterocycles. The number of nitrogens with one attached hydrogen (secondary N) is 1. The Morgan fingerprint density at radius 1 is 1.18 bits per heavy atom. The maximum Gasteiger partial charge on any atom is 0.0720 e. The largest absolute Gasteiger partial charge is 0.395 e. The Morgan fingerprint density at radius 3 is 2.76 bits per heavy atom. The average Bonchev–Trinajstić information content (AvgIpc) is 2.62. The van der Waals surface area contributed by atoms with Crippen LogP contribution < -0.4 is 5.32 Å². The second kappa shape index (κ2) is 6.74. The minimum absolute atomic E-state index is 0.228. The molecule has 2 rings (SSSR count). The Morgan fingerprint density at radius 2 is 2.00 bits per heavy atom. The van der Waals surface area contributed by atoms with Gasteiger partial charge in [0.1, 0.15) is 0 Å². The molecule has 1 heterocycles. The number of aliphatic hydroxyl groups is 1. The van der Waals surface area contributed by atoms with Crippen molar-refractivity contribution in [3.05, 3.63) is 35.9 Å². The van der Waals surface area contributed by atoms with Gasteiger partial charge in [-0.2, -0.15) is 0 Å². The standard InChI is InChI=1S/C14H21NO2/c16-10-13-6-7-14(8-9-15-13)17-11-12-4-2-1-3-5-12/h1-5,13-16H,6-11H2/t13-,14?/m1/s1. The smallest absolute Gasteiger partial charge is 0.0720 e. The van der Waals surface area contributed by atoms with Gasteiger partial charge < -0.3 is 15.2 Å². The second-order valence-corrected chi connectivity index (χ2v) is 4.62. The summed E-state index contributed by atoms with van der Waals surface area (Å²) in [5.41, 5.74) is 1.23. The first-order chi connectivity index (χ1) is 8.38. The molecule has 1 aromatic rings. The minimum Gasteiger partial charge on any atom is -0.395 e. The van der Waals surface area contributed by atoms with E-state index in [2.05, 4.69) is 17.4 Å². The van der Waals surface area contributed by atoms with Crippen LogP contribution in [0.1, 0.15) is 24.8 Å². The zero-order valence-electron chi connectivity index (χ0n) is 10.1. The van der Waals surface area contributed by atoms with E-state index >= 15 is 0 Å². The highest BCUT2D eigenvalue weighted by atomic mass is 16.5. The summed E-state index contributed by atoms with van der Waals surface area (Å²) in [5, 5.41) is 12.4. The Kier molecular flexibility index (Phi) is 4.98.